The summed E-state index contributed by atoms with van der Waals surface area (Å²) in [6.07, 6.45) is 0.391. The number of methoxy groups -OCH3 is 1. The fourth-order valence-electron chi connectivity index (χ4n) is 1.47. The zero-order valence-corrected chi connectivity index (χ0v) is 11.1. The molecule has 0 aromatic carbocycles. The van der Waals surface area contributed by atoms with Crippen molar-refractivity contribution in [3.8, 4) is 6.07 Å². The summed E-state index contributed by atoms with van der Waals surface area (Å²) < 4.78 is 5.02. The van der Waals surface area contributed by atoms with Crippen molar-refractivity contribution in [1.29, 1.82) is 5.26 Å². The SMILES string of the molecule is CNC(=O)c1ccc(N(CCC#N)CCOC)nn1. The summed E-state index contributed by atoms with van der Waals surface area (Å²) in [4.78, 5) is 13.2. The van der Waals surface area contributed by atoms with E-state index in [1.807, 2.05) is 4.90 Å². The van der Waals surface area contributed by atoms with Crippen LogP contribution in [0.15, 0.2) is 12.1 Å². The fourth-order valence-corrected chi connectivity index (χ4v) is 1.47. The third-order valence-corrected chi connectivity index (χ3v) is 2.49. The third-order valence-electron chi connectivity index (χ3n) is 2.49. The van der Waals surface area contributed by atoms with Gasteiger partial charge in [-0.2, -0.15) is 5.26 Å². The van der Waals surface area contributed by atoms with Gasteiger partial charge in [0, 0.05) is 27.2 Å². The molecule has 0 atom stereocenters. The maximum atomic E-state index is 11.3. The Hall–Kier alpha value is -2.20. The number of ether oxygens (including phenoxy) is 1. The van der Waals surface area contributed by atoms with Gasteiger partial charge < -0.3 is 15.0 Å². The number of nitrogens with one attached hydrogen (secondary N) is 1. The molecule has 19 heavy (non-hydrogen) atoms. The molecule has 0 spiro atoms. The minimum atomic E-state index is -0.278. The van der Waals surface area contributed by atoms with Gasteiger partial charge in [0.1, 0.15) is 0 Å². The number of nitriles is 1. The Bertz CT molecular complexity index is 440. The molecule has 1 rings (SSSR count). The number of aromatic nitrogens is 2. The second kappa shape index (κ2) is 8.00. The molecular formula is C12H17N5O2. The van der Waals surface area contributed by atoms with E-state index in [0.717, 1.165) is 0 Å². The first-order chi connectivity index (χ1) is 9.22. The van der Waals surface area contributed by atoms with Gasteiger partial charge >= 0.3 is 0 Å². The number of carbonyl (C=O) groups excluding carboxylic acids is 1. The fraction of sp³-hybridized carbons (Fsp3) is 0.500. The lowest BCUT2D eigenvalue weighted by atomic mass is 10.3. The van der Waals surface area contributed by atoms with Crippen LogP contribution in [0.4, 0.5) is 5.82 Å². The lowest BCUT2D eigenvalue weighted by Gasteiger charge is -2.21. The lowest BCUT2D eigenvalue weighted by molar-refractivity contribution is 0.0957. The van der Waals surface area contributed by atoms with E-state index < -0.39 is 0 Å². The summed E-state index contributed by atoms with van der Waals surface area (Å²) in [5.41, 5.74) is 0.262. The van der Waals surface area contributed by atoms with Crippen LogP contribution in [0.1, 0.15) is 16.9 Å². The molecule has 7 nitrogen and oxygen atoms in total. The number of carbonyl (C=O) groups is 1. The Morgan fingerprint density at radius 3 is 2.79 bits per heavy atom. The van der Waals surface area contributed by atoms with E-state index in [2.05, 4.69) is 21.6 Å². The van der Waals surface area contributed by atoms with Crippen LogP contribution in [0, 0.1) is 11.3 Å². The van der Waals surface area contributed by atoms with Gasteiger partial charge in [-0.1, -0.05) is 0 Å². The molecule has 102 valence electrons. The summed E-state index contributed by atoms with van der Waals surface area (Å²) >= 11 is 0. The van der Waals surface area contributed by atoms with Crippen LogP contribution in [0.3, 0.4) is 0 Å². The number of rotatable bonds is 7. The average molecular weight is 263 g/mol. The van der Waals surface area contributed by atoms with Crippen molar-refractivity contribution in [2.45, 2.75) is 6.42 Å². The van der Waals surface area contributed by atoms with Gasteiger partial charge in [0.2, 0.25) is 0 Å². The largest absolute Gasteiger partial charge is 0.383 e. The van der Waals surface area contributed by atoms with Crippen LogP contribution in [-0.2, 0) is 4.74 Å². The van der Waals surface area contributed by atoms with E-state index in [0.29, 0.717) is 31.9 Å². The highest BCUT2D eigenvalue weighted by Crippen LogP contribution is 2.10. The topological polar surface area (TPSA) is 91.1 Å². The predicted molar refractivity (Wildman–Crippen MR) is 69.7 cm³/mol. The second-order valence-corrected chi connectivity index (χ2v) is 3.74. The van der Waals surface area contributed by atoms with Gasteiger partial charge in [0.25, 0.3) is 5.91 Å². The van der Waals surface area contributed by atoms with E-state index in [-0.39, 0.29) is 11.6 Å². The zero-order valence-electron chi connectivity index (χ0n) is 11.1. The Morgan fingerprint density at radius 2 is 2.26 bits per heavy atom. The second-order valence-electron chi connectivity index (χ2n) is 3.74. The summed E-state index contributed by atoms with van der Waals surface area (Å²) in [6, 6.07) is 5.41. The molecule has 0 unspecified atom stereocenters. The summed E-state index contributed by atoms with van der Waals surface area (Å²) in [7, 11) is 3.15. The number of nitrogens with zero attached hydrogens (tertiary/aromatic N) is 4. The van der Waals surface area contributed by atoms with Crippen LogP contribution >= 0.6 is 0 Å². The van der Waals surface area contributed by atoms with Crippen molar-refractivity contribution in [3.05, 3.63) is 17.8 Å². The first kappa shape index (κ1) is 14.9. The number of hydrogen-bond donors (Lipinski definition) is 1. The Kier molecular flexibility index (Phi) is 6.26. The average Bonchev–Trinajstić information content (AvgIpc) is 2.47. The van der Waals surface area contributed by atoms with Crippen molar-refractivity contribution < 1.29 is 9.53 Å². The normalized spacial score (nSPS) is 9.74. The van der Waals surface area contributed by atoms with Gasteiger partial charge in [-0.3, -0.25) is 4.79 Å². The molecule has 0 bridgehead atoms. The Labute approximate surface area is 112 Å². The van der Waals surface area contributed by atoms with Crippen LogP contribution < -0.4 is 10.2 Å². The molecule has 1 aromatic rings. The van der Waals surface area contributed by atoms with E-state index in [9.17, 15) is 4.79 Å². The Balaban J connectivity index is 2.78. The molecule has 0 fully saturated rings. The van der Waals surface area contributed by atoms with Crippen LogP contribution in [-0.4, -0.2) is 50.0 Å². The number of hydrogen-bond acceptors (Lipinski definition) is 6. The highest BCUT2D eigenvalue weighted by molar-refractivity contribution is 5.91. The first-order valence-corrected chi connectivity index (χ1v) is 5.89. The van der Waals surface area contributed by atoms with Gasteiger partial charge in [0.15, 0.2) is 11.5 Å². The Morgan fingerprint density at radius 1 is 1.47 bits per heavy atom. The van der Waals surface area contributed by atoms with E-state index in [1.54, 1.807) is 19.2 Å². The van der Waals surface area contributed by atoms with Crippen molar-refractivity contribution in [2.24, 2.45) is 0 Å². The molecule has 1 heterocycles. The molecule has 7 heteroatoms. The summed E-state index contributed by atoms with van der Waals surface area (Å²) in [5.74, 6) is 0.347. The molecule has 0 aliphatic heterocycles. The minimum absolute atomic E-state index is 0.262. The minimum Gasteiger partial charge on any atom is -0.383 e. The molecular weight excluding hydrogens is 246 g/mol. The molecule has 1 N–H and O–H groups in total. The van der Waals surface area contributed by atoms with Gasteiger partial charge in [-0.25, -0.2) is 0 Å². The van der Waals surface area contributed by atoms with E-state index in [1.165, 1.54) is 7.05 Å². The van der Waals surface area contributed by atoms with Gasteiger partial charge in [-0.15, -0.1) is 10.2 Å². The molecule has 0 saturated carbocycles. The van der Waals surface area contributed by atoms with Crippen molar-refractivity contribution >= 4 is 11.7 Å². The molecule has 1 amide bonds. The standard InChI is InChI=1S/C12H17N5O2/c1-14-12(18)10-4-5-11(16-15-10)17(7-3-6-13)8-9-19-2/h4-5H,3,7-9H2,1-2H3,(H,14,18). The zero-order chi connectivity index (χ0) is 14.1. The maximum Gasteiger partial charge on any atom is 0.271 e. The van der Waals surface area contributed by atoms with Crippen molar-refractivity contribution in [2.75, 3.05) is 38.8 Å². The maximum absolute atomic E-state index is 11.3. The summed E-state index contributed by atoms with van der Waals surface area (Å²) in [5, 5.41) is 19.0. The smallest absolute Gasteiger partial charge is 0.271 e. The highest BCUT2D eigenvalue weighted by atomic mass is 16.5. The number of amides is 1. The van der Waals surface area contributed by atoms with E-state index >= 15 is 0 Å². The number of anilines is 1. The van der Waals surface area contributed by atoms with E-state index in [4.69, 9.17) is 10.00 Å². The van der Waals surface area contributed by atoms with Crippen LogP contribution in [0.25, 0.3) is 0 Å². The van der Waals surface area contributed by atoms with Crippen molar-refractivity contribution in [3.63, 3.8) is 0 Å². The molecule has 0 radical (unpaired) electrons. The molecule has 0 aliphatic rings. The molecule has 0 saturated heterocycles. The lowest BCUT2D eigenvalue weighted by Crippen LogP contribution is -2.29. The monoisotopic (exact) mass is 263 g/mol. The highest BCUT2D eigenvalue weighted by Gasteiger charge is 2.10. The van der Waals surface area contributed by atoms with Crippen LogP contribution in [0.5, 0.6) is 0 Å². The summed E-state index contributed by atoms with van der Waals surface area (Å²) in [6.45, 7) is 1.70. The molecule has 1 aromatic heterocycles. The first-order valence-electron chi connectivity index (χ1n) is 5.89. The quantitative estimate of drug-likeness (QED) is 0.755. The van der Waals surface area contributed by atoms with Crippen LogP contribution in [0.2, 0.25) is 0 Å². The third kappa shape index (κ3) is 4.52. The van der Waals surface area contributed by atoms with Gasteiger partial charge in [0.05, 0.1) is 19.1 Å². The molecule has 0 aliphatic carbocycles. The van der Waals surface area contributed by atoms with Gasteiger partial charge in [-0.05, 0) is 12.1 Å². The predicted octanol–water partition coefficient (Wildman–Crippen LogP) is 0.203. The van der Waals surface area contributed by atoms with Crippen molar-refractivity contribution in [1.82, 2.24) is 15.5 Å².